The average Bonchev–Trinajstić information content (AvgIpc) is 2.41. The van der Waals surface area contributed by atoms with E-state index in [1.165, 1.54) is 31.3 Å². The van der Waals surface area contributed by atoms with E-state index in [4.69, 9.17) is 0 Å². The highest BCUT2D eigenvalue weighted by atomic mass is 16.3. The van der Waals surface area contributed by atoms with Gasteiger partial charge in [0.25, 0.3) is 0 Å². The number of aliphatic hydroxyl groups excluding tert-OH is 1. The van der Waals surface area contributed by atoms with E-state index >= 15 is 0 Å². The van der Waals surface area contributed by atoms with Gasteiger partial charge in [0, 0.05) is 0 Å². The van der Waals surface area contributed by atoms with Crippen molar-refractivity contribution in [1.82, 2.24) is 0 Å². The van der Waals surface area contributed by atoms with Gasteiger partial charge in [0.1, 0.15) is 0 Å². The Hall–Kier alpha value is -0.560. The summed E-state index contributed by atoms with van der Waals surface area (Å²) in [6.45, 7) is 13.7. The standard InChI is InChI=1S/C20H32O/c1-6-19(4)11-8-15-14(13-19)16(21)12-17-18(2,3)9-7-10-20(15,17)5/h6,16-17,21H,1,7-13H2,2-5H3/t16-,17+,19+,20-/m1/s1. The van der Waals surface area contributed by atoms with Gasteiger partial charge in [-0.2, -0.15) is 0 Å². The normalized spacial score (nSPS) is 45.8. The highest BCUT2D eigenvalue weighted by Crippen LogP contribution is 2.62. The lowest BCUT2D eigenvalue weighted by Crippen LogP contribution is -2.50. The van der Waals surface area contributed by atoms with E-state index in [2.05, 4.69) is 40.3 Å². The molecule has 1 heteroatoms. The van der Waals surface area contributed by atoms with Gasteiger partial charge in [0.2, 0.25) is 0 Å². The van der Waals surface area contributed by atoms with E-state index in [9.17, 15) is 5.11 Å². The number of aliphatic hydroxyl groups is 1. The zero-order valence-electron chi connectivity index (χ0n) is 14.3. The molecule has 0 bridgehead atoms. The first kappa shape index (κ1) is 15.3. The van der Waals surface area contributed by atoms with Gasteiger partial charge in [-0.25, -0.2) is 0 Å². The average molecular weight is 288 g/mol. The molecule has 21 heavy (non-hydrogen) atoms. The SMILES string of the molecule is C=C[C@@]1(C)CCC2=C(C1)[C@H](O)C[C@H]1C(C)(C)CCC[C@]21C. The second kappa shape index (κ2) is 4.72. The molecule has 0 spiro atoms. The van der Waals surface area contributed by atoms with Crippen molar-refractivity contribution in [3.05, 3.63) is 23.8 Å². The number of allylic oxidation sites excluding steroid dienone is 2. The van der Waals surface area contributed by atoms with Crippen LogP contribution >= 0.6 is 0 Å². The van der Waals surface area contributed by atoms with Crippen LogP contribution in [0.1, 0.15) is 72.6 Å². The number of rotatable bonds is 1. The van der Waals surface area contributed by atoms with Gasteiger partial charge in [0.05, 0.1) is 6.10 Å². The van der Waals surface area contributed by atoms with Crippen molar-refractivity contribution in [1.29, 1.82) is 0 Å². The number of fused-ring (bicyclic) bond motifs is 2. The molecule has 0 aromatic heterocycles. The summed E-state index contributed by atoms with van der Waals surface area (Å²) in [5.74, 6) is 0.639. The van der Waals surface area contributed by atoms with Crippen LogP contribution in [0.3, 0.4) is 0 Å². The zero-order valence-corrected chi connectivity index (χ0v) is 14.3. The predicted molar refractivity (Wildman–Crippen MR) is 89.0 cm³/mol. The molecule has 0 saturated heterocycles. The van der Waals surface area contributed by atoms with E-state index in [0.717, 1.165) is 19.3 Å². The van der Waals surface area contributed by atoms with E-state index in [1.807, 2.05) is 0 Å². The smallest absolute Gasteiger partial charge is 0.0756 e. The topological polar surface area (TPSA) is 20.2 Å². The van der Waals surface area contributed by atoms with E-state index in [0.29, 0.717) is 16.7 Å². The summed E-state index contributed by atoms with van der Waals surface area (Å²) >= 11 is 0. The Balaban J connectivity index is 2.05. The van der Waals surface area contributed by atoms with Crippen LogP contribution < -0.4 is 0 Å². The van der Waals surface area contributed by atoms with Crippen molar-refractivity contribution in [3.63, 3.8) is 0 Å². The van der Waals surface area contributed by atoms with Gasteiger partial charge >= 0.3 is 0 Å². The van der Waals surface area contributed by atoms with Crippen molar-refractivity contribution < 1.29 is 5.11 Å². The molecular weight excluding hydrogens is 256 g/mol. The van der Waals surface area contributed by atoms with Crippen LogP contribution in [0.25, 0.3) is 0 Å². The summed E-state index contributed by atoms with van der Waals surface area (Å²) in [5.41, 5.74) is 3.89. The molecule has 0 aromatic rings. The quantitative estimate of drug-likeness (QED) is 0.653. The third-order valence-corrected chi connectivity index (χ3v) is 7.20. The summed E-state index contributed by atoms with van der Waals surface area (Å²) in [6, 6.07) is 0. The Kier molecular flexibility index (Phi) is 3.44. The highest BCUT2D eigenvalue weighted by molar-refractivity contribution is 5.35. The number of hydrogen-bond acceptors (Lipinski definition) is 1. The lowest BCUT2D eigenvalue weighted by atomic mass is 9.47. The monoisotopic (exact) mass is 288 g/mol. The molecule has 3 aliphatic rings. The van der Waals surface area contributed by atoms with Gasteiger partial charge < -0.3 is 5.11 Å². The molecule has 0 aromatic carbocycles. The first-order chi connectivity index (χ1) is 9.72. The molecule has 1 saturated carbocycles. The first-order valence-electron chi connectivity index (χ1n) is 8.76. The third-order valence-electron chi connectivity index (χ3n) is 7.20. The molecule has 0 unspecified atom stereocenters. The maximum atomic E-state index is 10.8. The first-order valence-corrected chi connectivity index (χ1v) is 8.76. The molecule has 0 amide bonds. The van der Waals surface area contributed by atoms with E-state index in [1.54, 1.807) is 5.57 Å². The second-order valence-corrected chi connectivity index (χ2v) is 9.10. The Morgan fingerprint density at radius 3 is 2.52 bits per heavy atom. The van der Waals surface area contributed by atoms with E-state index in [-0.39, 0.29) is 11.5 Å². The lowest BCUT2D eigenvalue weighted by molar-refractivity contribution is -0.0271. The fraction of sp³-hybridized carbons (Fsp3) is 0.800. The number of hydrogen-bond donors (Lipinski definition) is 1. The largest absolute Gasteiger partial charge is 0.389 e. The molecule has 0 heterocycles. The molecule has 0 aliphatic heterocycles. The van der Waals surface area contributed by atoms with Crippen LogP contribution in [-0.4, -0.2) is 11.2 Å². The summed E-state index contributed by atoms with van der Waals surface area (Å²) in [4.78, 5) is 0. The highest BCUT2D eigenvalue weighted by Gasteiger charge is 2.53. The summed E-state index contributed by atoms with van der Waals surface area (Å²) in [6.07, 6.45) is 10.2. The second-order valence-electron chi connectivity index (χ2n) is 9.10. The third kappa shape index (κ3) is 2.23. The maximum Gasteiger partial charge on any atom is 0.0756 e. The molecule has 3 aliphatic carbocycles. The molecule has 1 N–H and O–H groups in total. The molecular formula is C20H32O. The maximum absolute atomic E-state index is 10.8. The minimum atomic E-state index is -0.213. The predicted octanol–water partition coefficient (Wildman–Crippen LogP) is 5.26. The van der Waals surface area contributed by atoms with Crippen molar-refractivity contribution in [3.8, 4) is 0 Å². The fourth-order valence-electron chi connectivity index (χ4n) is 5.77. The van der Waals surface area contributed by atoms with E-state index < -0.39 is 0 Å². The Morgan fingerprint density at radius 2 is 1.86 bits per heavy atom. The lowest BCUT2D eigenvalue weighted by Gasteiger charge is -2.58. The summed E-state index contributed by atoms with van der Waals surface area (Å²) < 4.78 is 0. The molecule has 1 nitrogen and oxygen atoms in total. The van der Waals surface area contributed by atoms with Crippen molar-refractivity contribution >= 4 is 0 Å². The van der Waals surface area contributed by atoms with Crippen LogP contribution in [0.15, 0.2) is 23.8 Å². The Morgan fingerprint density at radius 1 is 1.14 bits per heavy atom. The Labute approximate surface area is 130 Å². The van der Waals surface area contributed by atoms with Crippen LogP contribution in [0.5, 0.6) is 0 Å². The molecule has 118 valence electrons. The molecule has 4 atom stereocenters. The van der Waals surface area contributed by atoms with Gasteiger partial charge in [0.15, 0.2) is 0 Å². The van der Waals surface area contributed by atoms with Crippen LogP contribution in [-0.2, 0) is 0 Å². The molecule has 1 fully saturated rings. The van der Waals surface area contributed by atoms with Gasteiger partial charge in [-0.3, -0.25) is 0 Å². The Bertz CT molecular complexity index is 486. The summed E-state index contributed by atoms with van der Waals surface area (Å²) in [7, 11) is 0. The summed E-state index contributed by atoms with van der Waals surface area (Å²) in [5, 5.41) is 10.8. The van der Waals surface area contributed by atoms with Crippen molar-refractivity contribution in [2.24, 2.45) is 22.2 Å². The minimum absolute atomic E-state index is 0.188. The molecule has 0 radical (unpaired) electrons. The van der Waals surface area contributed by atoms with Crippen molar-refractivity contribution in [2.75, 3.05) is 0 Å². The minimum Gasteiger partial charge on any atom is -0.389 e. The van der Waals surface area contributed by atoms with Crippen molar-refractivity contribution in [2.45, 2.75) is 78.7 Å². The van der Waals surface area contributed by atoms with Crippen LogP contribution in [0.4, 0.5) is 0 Å². The van der Waals surface area contributed by atoms with Gasteiger partial charge in [-0.1, -0.05) is 45.8 Å². The van der Waals surface area contributed by atoms with Crippen LogP contribution in [0.2, 0.25) is 0 Å². The zero-order chi connectivity index (χ0) is 15.5. The fourth-order valence-corrected chi connectivity index (χ4v) is 5.77. The molecule has 3 rings (SSSR count). The van der Waals surface area contributed by atoms with Gasteiger partial charge in [-0.15, -0.1) is 6.58 Å². The van der Waals surface area contributed by atoms with Crippen LogP contribution in [0, 0.1) is 22.2 Å². The van der Waals surface area contributed by atoms with Gasteiger partial charge in [-0.05, 0) is 66.3 Å².